The number of ether oxygens (including phenoxy) is 1. The number of amides is 1. The zero-order chi connectivity index (χ0) is 25.4. The van der Waals surface area contributed by atoms with Crippen molar-refractivity contribution in [1.29, 1.82) is 0 Å². The minimum atomic E-state index is -0.916. The maximum Gasteiger partial charge on any atom is 0.412 e. The summed E-state index contributed by atoms with van der Waals surface area (Å²) in [6, 6.07) is 20.1. The molecule has 4 N–H and O–H groups in total. The molecule has 1 amide bonds. The van der Waals surface area contributed by atoms with Crippen molar-refractivity contribution in [2.24, 2.45) is 0 Å². The molecule has 35 heavy (non-hydrogen) atoms. The van der Waals surface area contributed by atoms with Crippen LogP contribution in [0.5, 0.6) is 0 Å². The predicted molar refractivity (Wildman–Crippen MR) is 141 cm³/mol. The molecule has 2 aromatic carbocycles. The van der Waals surface area contributed by atoms with E-state index in [-0.39, 0.29) is 5.56 Å². The van der Waals surface area contributed by atoms with E-state index in [0.717, 1.165) is 21.6 Å². The number of nitrogens with zero attached hydrogens (tertiary/aromatic N) is 1. The Kier molecular flexibility index (Phi) is 8.22. The first-order chi connectivity index (χ1) is 16.6. The predicted octanol–water partition coefficient (Wildman–Crippen LogP) is 6.79. The number of thiophene rings is 1. The Hall–Kier alpha value is -4.17. The molecule has 4 aromatic rings. The smallest absolute Gasteiger partial charge is 0.412 e. The molecule has 0 bridgehead atoms. The van der Waals surface area contributed by atoms with E-state index in [1.165, 1.54) is 0 Å². The summed E-state index contributed by atoms with van der Waals surface area (Å²) < 4.78 is 5.20. The van der Waals surface area contributed by atoms with Crippen LogP contribution in [-0.4, -0.2) is 27.8 Å². The zero-order valence-corrected chi connectivity index (χ0v) is 20.5. The van der Waals surface area contributed by atoms with Gasteiger partial charge in [-0.1, -0.05) is 30.3 Å². The Morgan fingerprint density at radius 3 is 2.34 bits per heavy atom. The average molecular weight is 490 g/mol. The summed E-state index contributed by atoms with van der Waals surface area (Å²) >= 11 is 1.64. The average Bonchev–Trinajstić information content (AvgIpc) is 3.35. The van der Waals surface area contributed by atoms with Gasteiger partial charge in [-0.2, -0.15) is 0 Å². The van der Waals surface area contributed by atoms with Gasteiger partial charge in [-0.15, -0.1) is 11.3 Å². The van der Waals surface area contributed by atoms with Crippen molar-refractivity contribution < 1.29 is 19.4 Å². The summed E-state index contributed by atoms with van der Waals surface area (Å²) in [6.07, 6.45) is 2.89. The number of carbonyl (C=O) groups is 2. The highest BCUT2D eigenvalue weighted by Crippen LogP contribution is 2.30. The van der Waals surface area contributed by atoms with Crippen LogP contribution >= 0.6 is 11.3 Å². The Bertz CT molecular complexity index is 1280. The van der Waals surface area contributed by atoms with Crippen LogP contribution in [0.15, 0.2) is 84.5 Å². The Labute approximate surface area is 208 Å². The standard InChI is InChI=1S/C15H18N2O2S.C12H9NO2/c1-15(2,3)19-14(18)17-12-7-6-10(9-11(12)16)13-5-4-8-20-13;14-12(15)10-4-1-3-9(7-10)11-5-2-6-13-8-11/h4-9H,16H2,1-3H3,(H,17,18);1-8H,(H,14,15). The fourth-order valence-corrected chi connectivity index (χ4v) is 3.78. The van der Waals surface area contributed by atoms with Gasteiger partial charge in [-0.3, -0.25) is 10.3 Å². The van der Waals surface area contributed by atoms with Crippen molar-refractivity contribution in [1.82, 2.24) is 4.98 Å². The molecule has 0 radical (unpaired) electrons. The minimum Gasteiger partial charge on any atom is -0.478 e. The maximum atomic E-state index is 11.7. The molecule has 0 atom stereocenters. The van der Waals surface area contributed by atoms with E-state index >= 15 is 0 Å². The molecule has 8 heteroatoms. The summed E-state index contributed by atoms with van der Waals surface area (Å²) in [5.74, 6) is -0.916. The number of hydrogen-bond donors (Lipinski definition) is 3. The number of nitrogens with two attached hydrogens (primary N) is 1. The number of nitrogen functional groups attached to an aromatic ring is 1. The van der Waals surface area contributed by atoms with Gasteiger partial charge < -0.3 is 15.6 Å². The van der Waals surface area contributed by atoms with Crippen LogP contribution in [0, 0.1) is 0 Å². The number of rotatable bonds is 4. The molecule has 0 aliphatic carbocycles. The van der Waals surface area contributed by atoms with Crippen molar-refractivity contribution in [2.75, 3.05) is 11.1 Å². The van der Waals surface area contributed by atoms with Gasteiger partial charge in [0.15, 0.2) is 0 Å². The van der Waals surface area contributed by atoms with E-state index in [0.29, 0.717) is 11.4 Å². The van der Waals surface area contributed by atoms with Crippen LogP contribution in [0.4, 0.5) is 16.2 Å². The van der Waals surface area contributed by atoms with Crippen molar-refractivity contribution in [3.8, 4) is 21.6 Å². The summed E-state index contributed by atoms with van der Waals surface area (Å²) in [5.41, 5.74) is 9.62. The monoisotopic (exact) mass is 489 g/mol. The number of nitrogens with one attached hydrogen (secondary N) is 1. The lowest BCUT2D eigenvalue weighted by Gasteiger charge is -2.20. The Balaban J connectivity index is 0.000000203. The fourth-order valence-electron chi connectivity index (χ4n) is 3.05. The fraction of sp³-hybridized carbons (Fsp3) is 0.148. The number of carboxylic acid groups (broad SMARTS) is 1. The molecular weight excluding hydrogens is 462 g/mol. The van der Waals surface area contributed by atoms with E-state index in [1.54, 1.807) is 48.0 Å². The summed E-state index contributed by atoms with van der Waals surface area (Å²) in [7, 11) is 0. The Morgan fingerprint density at radius 1 is 0.971 bits per heavy atom. The number of aromatic carboxylic acids is 1. The Morgan fingerprint density at radius 2 is 1.74 bits per heavy atom. The number of carbonyl (C=O) groups excluding carboxylic acids is 1. The van der Waals surface area contributed by atoms with Crippen molar-refractivity contribution in [3.63, 3.8) is 0 Å². The van der Waals surface area contributed by atoms with E-state index in [9.17, 15) is 9.59 Å². The molecule has 180 valence electrons. The third kappa shape index (κ3) is 7.68. The molecule has 0 saturated heterocycles. The molecule has 0 fully saturated rings. The highest BCUT2D eigenvalue weighted by molar-refractivity contribution is 7.13. The van der Waals surface area contributed by atoms with Crippen LogP contribution < -0.4 is 11.1 Å². The SMILES string of the molecule is CC(C)(C)OC(=O)Nc1ccc(-c2cccs2)cc1N.O=C(O)c1cccc(-c2cccnc2)c1. The van der Waals surface area contributed by atoms with Crippen LogP contribution in [0.2, 0.25) is 0 Å². The first-order valence-electron chi connectivity index (χ1n) is 10.8. The van der Waals surface area contributed by atoms with Crippen LogP contribution in [-0.2, 0) is 4.74 Å². The summed E-state index contributed by atoms with van der Waals surface area (Å²) in [6.45, 7) is 5.45. The van der Waals surface area contributed by atoms with Gasteiger partial charge in [0.05, 0.1) is 16.9 Å². The first-order valence-corrected chi connectivity index (χ1v) is 11.7. The number of pyridine rings is 1. The normalized spacial score (nSPS) is 10.6. The first kappa shape index (κ1) is 25.5. The number of aromatic nitrogens is 1. The lowest BCUT2D eigenvalue weighted by Crippen LogP contribution is -2.27. The molecule has 0 aliphatic rings. The third-order valence-corrected chi connectivity index (χ3v) is 5.52. The molecule has 0 spiro atoms. The van der Waals surface area contributed by atoms with Gasteiger partial charge in [-0.25, -0.2) is 9.59 Å². The highest BCUT2D eigenvalue weighted by atomic mass is 32.1. The second-order valence-corrected chi connectivity index (χ2v) is 9.48. The van der Waals surface area contributed by atoms with Gasteiger partial charge in [0.1, 0.15) is 5.60 Å². The van der Waals surface area contributed by atoms with Crippen molar-refractivity contribution in [2.45, 2.75) is 26.4 Å². The van der Waals surface area contributed by atoms with Gasteiger partial charge in [0, 0.05) is 22.8 Å². The second-order valence-electron chi connectivity index (χ2n) is 8.53. The number of hydrogen-bond acceptors (Lipinski definition) is 6. The van der Waals surface area contributed by atoms with E-state index < -0.39 is 17.7 Å². The quantitative estimate of drug-likeness (QED) is 0.272. The number of carboxylic acids is 1. The lowest BCUT2D eigenvalue weighted by molar-refractivity contribution is 0.0634. The number of benzene rings is 2. The molecule has 7 nitrogen and oxygen atoms in total. The van der Waals surface area contributed by atoms with Gasteiger partial charge >= 0.3 is 12.1 Å². The summed E-state index contributed by atoms with van der Waals surface area (Å²) in [4.78, 5) is 27.6. The molecule has 2 aromatic heterocycles. The van der Waals surface area contributed by atoms with E-state index in [2.05, 4.69) is 10.3 Å². The van der Waals surface area contributed by atoms with Crippen LogP contribution in [0.1, 0.15) is 31.1 Å². The van der Waals surface area contributed by atoms with E-state index in [4.69, 9.17) is 15.6 Å². The highest BCUT2D eigenvalue weighted by Gasteiger charge is 2.17. The van der Waals surface area contributed by atoms with Gasteiger partial charge in [0.25, 0.3) is 0 Å². The van der Waals surface area contributed by atoms with E-state index in [1.807, 2.05) is 68.6 Å². The van der Waals surface area contributed by atoms with Crippen molar-refractivity contribution >= 4 is 34.8 Å². The molecule has 0 unspecified atom stereocenters. The largest absolute Gasteiger partial charge is 0.478 e. The topological polar surface area (TPSA) is 115 Å². The zero-order valence-electron chi connectivity index (χ0n) is 19.7. The third-order valence-electron chi connectivity index (χ3n) is 4.60. The minimum absolute atomic E-state index is 0.288. The molecular formula is C27H27N3O4S. The number of anilines is 2. The molecule has 0 saturated carbocycles. The molecule has 2 heterocycles. The van der Waals surface area contributed by atoms with Crippen molar-refractivity contribution in [3.05, 3.63) is 90.1 Å². The molecule has 4 rings (SSSR count). The maximum absolute atomic E-state index is 11.7. The molecule has 0 aliphatic heterocycles. The summed E-state index contributed by atoms with van der Waals surface area (Å²) in [5, 5.41) is 13.5. The van der Waals surface area contributed by atoms with Crippen LogP contribution in [0.25, 0.3) is 21.6 Å². The second kappa shape index (κ2) is 11.3. The van der Waals surface area contributed by atoms with Gasteiger partial charge in [0.2, 0.25) is 0 Å². The van der Waals surface area contributed by atoms with Gasteiger partial charge in [-0.05, 0) is 73.7 Å². The van der Waals surface area contributed by atoms with Crippen LogP contribution in [0.3, 0.4) is 0 Å². The lowest BCUT2D eigenvalue weighted by atomic mass is 10.1.